The molecule has 110 valence electrons. The monoisotopic (exact) mass is 308 g/mol. The lowest BCUT2D eigenvalue weighted by atomic mass is 10.1. The Bertz CT molecular complexity index is 684. The number of primary amides is 1. The van der Waals surface area contributed by atoms with Crippen LogP contribution < -0.4 is 16.4 Å². The number of hydrogen-bond donors (Lipinski definition) is 3. The highest BCUT2D eigenvalue weighted by Gasteiger charge is 2.11. The van der Waals surface area contributed by atoms with E-state index in [9.17, 15) is 9.59 Å². The van der Waals surface area contributed by atoms with Crippen molar-refractivity contribution in [1.82, 2.24) is 5.16 Å². The van der Waals surface area contributed by atoms with Gasteiger partial charge in [0.2, 0.25) is 5.91 Å². The van der Waals surface area contributed by atoms with Gasteiger partial charge in [-0.3, -0.25) is 9.59 Å². The molecule has 0 aliphatic carbocycles. The highest BCUT2D eigenvalue weighted by Crippen LogP contribution is 2.20. The van der Waals surface area contributed by atoms with Crippen molar-refractivity contribution >= 4 is 34.9 Å². The van der Waals surface area contributed by atoms with Crippen molar-refractivity contribution in [3.8, 4) is 0 Å². The van der Waals surface area contributed by atoms with Gasteiger partial charge in [0.25, 0.3) is 5.91 Å². The normalized spacial score (nSPS) is 10.2. The predicted octanol–water partition coefficient (Wildman–Crippen LogP) is 1.79. The summed E-state index contributed by atoms with van der Waals surface area (Å²) in [5.41, 5.74) is 5.90. The highest BCUT2D eigenvalue weighted by atomic mass is 35.5. The molecule has 0 aliphatic rings. The first-order valence-corrected chi connectivity index (χ1v) is 6.40. The number of nitrogens with zero attached hydrogens (tertiary/aromatic N) is 1. The zero-order chi connectivity index (χ0) is 15.4. The van der Waals surface area contributed by atoms with Crippen molar-refractivity contribution in [3.05, 3.63) is 40.6 Å². The Morgan fingerprint density at radius 3 is 2.76 bits per heavy atom. The number of rotatable bonds is 5. The average molecular weight is 309 g/mol. The van der Waals surface area contributed by atoms with Gasteiger partial charge < -0.3 is 20.9 Å². The van der Waals surface area contributed by atoms with Crippen LogP contribution in [0.25, 0.3) is 0 Å². The van der Waals surface area contributed by atoms with Crippen LogP contribution >= 0.6 is 11.6 Å². The predicted molar refractivity (Wildman–Crippen MR) is 78.3 cm³/mol. The lowest BCUT2D eigenvalue weighted by Crippen LogP contribution is -2.23. The minimum Gasteiger partial charge on any atom is -0.375 e. The third-order valence-corrected chi connectivity index (χ3v) is 2.82. The summed E-state index contributed by atoms with van der Waals surface area (Å²) in [5, 5.41) is 9.41. The Labute approximate surface area is 125 Å². The van der Waals surface area contributed by atoms with Crippen LogP contribution in [-0.2, 0) is 4.79 Å². The number of amides is 2. The van der Waals surface area contributed by atoms with Crippen molar-refractivity contribution in [1.29, 1.82) is 0 Å². The van der Waals surface area contributed by atoms with Crippen LogP contribution in [-0.4, -0.2) is 23.5 Å². The number of halogens is 1. The average Bonchev–Trinajstić information content (AvgIpc) is 2.81. The lowest BCUT2D eigenvalue weighted by molar-refractivity contribution is -0.114. The molecule has 4 N–H and O–H groups in total. The van der Waals surface area contributed by atoms with Gasteiger partial charge in [0.15, 0.2) is 5.82 Å². The second kappa shape index (κ2) is 6.27. The molecular formula is C13H13ClN4O3. The first kappa shape index (κ1) is 14.9. The molecule has 1 aromatic heterocycles. The van der Waals surface area contributed by atoms with Gasteiger partial charge in [-0.1, -0.05) is 16.8 Å². The van der Waals surface area contributed by atoms with Gasteiger partial charge in [-0.2, -0.15) is 0 Å². The van der Waals surface area contributed by atoms with Crippen LogP contribution in [0.5, 0.6) is 0 Å². The zero-order valence-electron chi connectivity index (χ0n) is 11.1. The molecule has 0 aliphatic heterocycles. The second-order valence-electron chi connectivity index (χ2n) is 4.28. The number of hydrogen-bond acceptors (Lipinski definition) is 5. The van der Waals surface area contributed by atoms with E-state index < -0.39 is 5.91 Å². The van der Waals surface area contributed by atoms with E-state index >= 15 is 0 Å². The van der Waals surface area contributed by atoms with E-state index in [0.717, 1.165) is 0 Å². The number of aromatic nitrogens is 1. The fraction of sp³-hybridized carbons (Fsp3) is 0.154. The van der Waals surface area contributed by atoms with Crippen LogP contribution in [0.2, 0.25) is 5.02 Å². The zero-order valence-corrected chi connectivity index (χ0v) is 11.9. The quantitative estimate of drug-likeness (QED) is 0.780. The maximum atomic E-state index is 11.8. The van der Waals surface area contributed by atoms with Gasteiger partial charge in [0, 0.05) is 16.8 Å². The first-order chi connectivity index (χ1) is 9.95. The Balaban J connectivity index is 2.00. The van der Waals surface area contributed by atoms with Gasteiger partial charge in [-0.15, -0.1) is 0 Å². The van der Waals surface area contributed by atoms with E-state index in [4.69, 9.17) is 21.9 Å². The van der Waals surface area contributed by atoms with Crippen LogP contribution in [0.3, 0.4) is 0 Å². The number of carbonyl (C=O) groups is 2. The van der Waals surface area contributed by atoms with E-state index in [2.05, 4.69) is 15.8 Å². The smallest absolute Gasteiger partial charge is 0.250 e. The molecule has 2 rings (SSSR count). The molecule has 0 atom stereocenters. The molecule has 1 aromatic carbocycles. The van der Waals surface area contributed by atoms with Crippen LogP contribution in [0.1, 0.15) is 16.1 Å². The minimum atomic E-state index is -0.610. The first-order valence-electron chi connectivity index (χ1n) is 6.02. The van der Waals surface area contributed by atoms with Crippen molar-refractivity contribution in [2.75, 3.05) is 17.2 Å². The van der Waals surface area contributed by atoms with Crippen molar-refractivity contribution in [2.45, 2.75) is 6.92 Å². The summed E-state index contributed by atoms with van der Waals surface area (Å²) in [6, 6.07) is 6.15. The maximum Gasteiger partial charge on any atom is 0.250 e. The number of nitrogens with one attached hydrogen (secondary N) is 2. The number of benzene rings is 1. The summed E-state index contributed by atoms with van der Waals surface area (Å²) >= 11 is 5.85. The number of anilines is 2. The fourth-order valence-electron chi connectivity index (χ4n) is 1.67. The Morgan fingerprint density at radius 1 is 1.38 bits per heavy atom. The summed E-state index contributed by atoms with van der Waals surface area (Å²) in [6.07, 6.45) is 0. The molecular weight excluding hydrogens is 296 g/mol. The van der Waals surface area contributed by atoms with E-state index in [-0.39, 0.29) is 18.0 Å². The maximum absolute atomic E-state index is 11.8. The van der Waals surface area contributed by atoms with Crippen molar-refractivity contribution < 1.29 is 14.1 Å². The standard InChI is InChI=1S/C13H13ClN4O3/c1-7-4-11(18-21-7)17-12(19)6-16-10-5-8(14)2-3-9(10)13(15)20/h2-5,16H,6H2,1H3,(H2,15,20)(H,17,18,19). The van der Waals surface area contributed by atoms with Gasteiger partial charge in [-0.25, -0.2) is 0 Å². The molecule has 0 bridgehead atoms. The summed E-state index contributed by atoms with van der Waals surface area (Å²) in [7, 11) is 0. The molecule has 7 nitrogen and oxygen atoms in total. The topological polar surface area (TPSA) is 110 Å². The number of nitrogens with two attached hydrogens (primary N) is 1. The van der Waals surface area contributed by atoms with Crippen molar-refractivity contribution in [2.24, 2.45) is 5.73 Å². The molecule has 0 saturated heterocycles. The van der Waals surface area contributed by atoms with Gasteiger partial charge in [-0.05, 0) is 25.1 Å². The number of aryl methyl sites for hydroxylation is 1. The lowest BCUT2D eigenvalue weighted by Gasteiger charge is -2.10. The Hall–Kier alpha value is -2.54. The SMILES string of the molecule is Cc1cc(NC(=O)CNc2cc(Cl)ccc2C(N)=O)no1. The van der Waals surface area contributed by atoms with Crippen molar-refractivity contribution in [3.63, 3.8) is 0 Å². The van der Waals surface area contributed by atoms with Gasteiger partial charge >= 0.3 is 0 Å². The van der Waals surface area contributed by atoms with E-state index in [1.807, 2.05) is 0 Å². The number of carbonyl (C=O) groups excluding carboxylic acids is 2. The minimum absolute atomic E-state index is 0.0769. The summed E-state index contributed by atoms with van der Waals surface area (Å²) in [6.45, 7) is 1.64. The van der Waals surface area contributed by atoms with E-state index in [1.54, 1.807) is 19.1 Å². The van der Waals surface area contributed by atoms with Gasteiger partial charge in [0.1, 0.15) is 5.76 Å². The Kier molecular flexibility index (Phi) is 4.44. The van der Waals surface area contributed by atoms with Crippen LogP contribution in [0.4, 0.5) is 11.5 Å². The summed E-state index contributed by atoms with van der Waals surface area (Å²) < 4.78 is 4.83. The molecule has 0 fully saturated rings. The molecule has 8 heteroatoms. The summed E-state index contributed by atoms with van der Waals surface area (Å²) in [5.74, 6) is -0.0509. The van der Waals surface area contributed by atoms with E-state index in [0.29, 0.717) is 22.3 Å². The molecule has 2 amide bonds. The molecule has 0 saturated carbocycles. The molecule has 2 aromatic rings. The molecule has 0 radical (unpaired) electrons. The molecule has 0 unspecified atom stereocenters. The van der Waals surface area contributed by atoms with Crippen LogP contribution in [0, 0.1) is 6.92 Å². The molecule has 21 heavy (non-hydrogen) atoms. The van der Waals surface area contributed by atoms with Crippen LogP contribution in [0.15, 0.2) is 28.8 Å². The third kappa shape index (κ3) is 3.96. The summed E-state index contributed by atoms with van der Waals surface area (Å²) in [4.78, 5) is 23.0. The molecule has 1 heterocycles. The Morgan fingerprint density at radius 2 is 2.14 bits per heavy atom. The third-order valence-electron chi connectivity index (χ3n) is 2.58. The molecule has 0 spiro atoms. The largest absolute Gasteiger partial charge is 0.375 e. The second-order valence-corrected chi connectivity index (χ2v) is 4.72. The fourth-order valence-corrected chi connectivity index (χ4v) is 1.84. The highest BCUT2D eigenvalue weighted by molar-refractivity contribution is 6.31. The van der Waals surface area contributed by atoms with E-state index in [1.165, 1.54) is 12.1 Å². The van der Waals surface area contributed by atoms with Gasteiger partial charge in [0.05, 0.1) is 12.1 Å².